The first-order valence-corrected chi connectivity index (χ1v) is 28.5. The van der Waals surface area contributed by atoms with Crippen LogP contribution in [0.2, 0.25) is 0 Å². The Hall–Kier alpha value is -8.12. The van der Waals surface area contributed by atoms with Crippen LogP contribution in [0.3, 0.4) is 0 Å². The normalized spacial score (nSPS) is 12.0. The Labute approximate surface area is 467 Å². The van der Waals surface area contributed by atoms with Crippen molar-refractivity contribution in [2.45, 2.75) is 61.9 Å². The van der Waals surface area contributed by atoms with E-state index in [2.05, 4.69) is 51.5 Å². The lowest BCUT2D eigenvalue weighted by Gasteiger charge is -2.19. The Morgan fingerprint density at radius 1 is 0.815 bits per heavy atom. The van der Waals surface area contributed by atoms with Gasteiger partial charge in [0.1, 0.15) is 28.1 Å². The van der Waals surface area contributed by atoms with Gasteiger partial charge >= 0.3 is 5.97 Å². The molecule has 0 aliphatic carbocycles. The van der Waals surface area contributed by atoms with E-state index >= 15 is 0 Å². The minimum absolute atomic E-state index is 0.160. The van der Waals surface area contributed by atoms with Crippen LogP contribution in [0.15, 0.2) is 111 Å². The van der Waals surface area contributed by atoms with Gasteiger partial charge in [0.05, 0.1) is 55.2 Å². The molecule has 0 spiro atoms. The molecule has 3 amide bonds. The number of hydrogen-bond donors (Lipinski definition) is 9. The topological polar surface area (TPSA) is 362 Å². The zero-order valence-corrected chi connectivity index (χ0v) is 46.4. The SMILES string of the molecule is Cc1cc(OCCCC(=O)NCCCOCCOCCOCCCNC(=O)c2ccc(N/N=C/c3ccccc3S(=O)(=O)O)nc2)cc(C)c1S(=O)(=O)NC(CNC(=O)c1cn(C)c2cc(CNc3ncc[nH]3)ccc2c1=O)C(=O)O. The fraction of sp³-hybridized carbons (Fsp3) is 0.358. The maximum atomic E-state index is 13.6. The molecule has 28 heteroatoms. The minimum atomic E-state index is -4.45. The van der Waals surface area contributed by atoms with Gasteiger partial charge in [0.15, 0.2) is 5.95 Å². The first-order valence-electron chi connectivity index (χ1n) is 25.5. The number of aromatic nitrogens is 4. The highest BCUT2D eigenvalue weighted by Crippen LogP contribution is 2.26. The number of aromatic amines is 1. The number of rotatable bonds is 34. The molecular formula is C53H65N11O15S2. The second kappa shape index (κ2) is 30.5. The summed E-state index contributed by atoms with van der Waals surface area (Å²) in [5, 5.41) is 25.3. The number of carboxylic acids is 1. The van der Waals surface area contributed by atoms with Crippen molar-refractivity contribution < 1.29 is 64.6 Å². The smallest absolute Gasteiger partial charge is 0.323 e. The van der Waals surface area contributed by atoms with E-state index in [1.54, 1.807) is 54.3 Å². The molecule has 1 atom stereocenters. The number of aryl methyl sites for hydroxylation is 3. The van der Waals surface area contributed by atoms with Gasteiger partial charge in [-0.05, 0) is 92.3 Å². The van der Waals surface area contributed by atoms with Crippen LogP contribution in [-0.4, -0.2) is 148 Å². The molecule has 0 aliphatic heterocycles. The van der Waals surface area contributed by atoms with E-state index in [0.29, 0.717) is 107 Å². The zero-order valence-electron chi connectivity index (χ0n) is 44.7. The Kier molecular flexibility index (Phi) is 23.3. The third-order valence-electron chi connectivity index (χ3n) is 11.9. The lowest BCUT2D eigenvalue weighted by Crippen LogP contribution is -2.49. The van der Waals surface area contributed by atoms with Crippen molar-refractivity contribution in [1.82, 2.24) is 40.2 Å². The van der Waals surface area contributed by atoms with Crippen molar-refractivity contribution in [2.75, 3.05) is 76.6 Å². The van der Waals surface area contributed by atoms with Gasteiger partial charge in [0.25, 0.3) is 21.9 Å². The van der Waals surface area contributed by atoms with Crippen molar-refractivity contribution in [1.29, 1.82) is 0 Å². The van der Waals surface area contributed by atoms with Gasteiger partial charge in [-0.25, -0.2) is 18.4 Å². The molecule has 0 saturated carbocycles. The number of hydrogen-bond acceptors (Lipinski definition) is 18. The number of benzene rings is 3. The summed E-state index contributed by atoms with van der Waals surface area (Å²) in [6.45, 7) is 6.01. The van der Waals surface area contributed by atoms with Gasteiger partial charge in [-0.1, -0.05) is 24.3 Å². The van der Waals surface area contributed by atoms with Crippen LogP contribution in [0.5, 0.6) is 5.75 Å². The number of sulfonamides is 1. The molecule has 1 unspecified atom stereocenters. The van der Waals surface area contributed by atoms with E-state index in [1.165, 1.54) is 68.9 Å². The first-order chi connectivity index (χ1) is 38.8. The zero-order chi connectivity index (χ0) is 58.4. The first kappa shape index (κ1) is 62.1. The molecular weight excluding hydrogens is 1090 g/mol. The summed E-state index contributed by atoms with van der Waals surface area (Å²) >= 11 is 0. The number of nitrogens with one attached hydrogen (secondary N) is 7. The van der Waals surface area contributed by atoms with E-state index < -0.39 is 50.0 Å². The Balaban J connectivity index is 0.779. The highest BCUT2D eigenvalue weighted by molar-refractivity contribution is 7.89. The molecule has 81 heavy (non-hydrogen) atoms. The van der Waals surface area contributed by atoms with Crippen LogP contribution >= 0.6 is 0 Å². The number of anilines is 2. The second-order valence-electron chi connectivity index (χ2n) is 18.2. The Morgan fingerprint density at radius 2 is 1.51 bits per heavy atom. The quantitative estimate of drug-likeness (QED) is 0.0121. The van der Waals surface area contributed by atoms with Gasteiger partial charge in [0.2, 0.25) is 21.4 Å². The van der Waals surface area contributed by atoms with Gasteiger partial charge in [-0.3, -0.25) is 34.0 Å². The molecule has 3 aromatic heterocycles. The number of fused-ring (bicyclic) bond motifs is 1. The number of nitrogens with zero attached hydrogens (tertiary/aromatic N) is 4. The Morgan fingerprint density at radius 3 is 2.16 bits per heavy atom. The fourth-order valence-electron chi connectivity index (χ4n) is 8.00. The van der Waals surface area contributed by atoms with Crippen LogP contribution in [0.25, 0.3) is 10.9 Å². The second-order valence-corrected chi connectivity index (χ2v) is 21.2. The maximum Gasteiger partial charge on any atom is 0.323 e. The Bertz CT molecular complexity index is 3410. The number of carboxylic acid groups (broad SMARTS) is 1. The van der Waals surface area contributed by atoms with Gasteiger partial charge < -0.3 is 54.9 Å². The van der Waals surface area contributed by atoms with Crippen LogP contribution in [0.1, 0.15) is 68.7 Å². The lowest BCUT2D eigenvalue weighted by molar-refractivity contribution is -0.138. The average Bonchev–Trinajstić information content (AvgIpc) is 3.96. The number of carbonyl (C=O) groups excluding carboxylic acids is 3. The maximum absolute atomic E-state index is 13.6. The highest BCUT2D eigenvalue weighted by atomic mass is 32.2. The molecule has 0 saturated heterocycles. The van der Waals surface area contributed by atoms with Crippen LogP contribution < -0.4 is 41.6 Å². The number of hydrazone groups is 1. The molecule has 3 heterocycles. The fourth-order valence-corrected chi connectivity index (χ4v) is 10.3. The molecule has 0 bridgehead atoms. The number of aliphatic carboxylic acids is 1. The van der Waals surface area contributed by atoms with Crippen LogP contribution in [0, 0.1) is 13.8 Å². The summed E-state index contributed by atoms with van der Waals surface area (Å²) in [5.41, 5.74) is 4.26. The number of amides is 3. The van der Waals surface area contributed by atoms with Crippen molar-refractivity contribution in [3.05, 3.63) is 135 Å². The average molecular weight is 1160 g/mol. The molecule has 0 fully saturated rings. The lowest BCUT2D eigenvalue weighted by atomic mass is 10.1. The third kappa shape index (κ3) is 19.3. The van der Waals surface area contributed by atoms with Gasteiger partial charge in [0, 0.05) is 88.6 Å². The molecule has 0 aliphatic rings. The van der Waals surface area contributed by atoms with E-state index in [9.17, 15) is 50.5 Å². The van der Waals surface area contributed by atoms with Crippen molar-refractivity contribution in [2.24, 2.45) is 12.1 Å². The van der Waals surface area contributed by atoms with Crippen molar-refractivity contribution >= 4 is 72.7 Å². The monoisotopic (exact) mass is 1160 g/mol. The van der Waals surface area contributed by atoms with Gasteiger partial charge in [-0.2, -0.15) is 18.2 Å². The minimum Gasteiger partial charge on any atom is -0.494 e. The van der Waals surface area contributed by atoms with Crippen LogP contribution in [0.4, 0.5) is 11.8 Å². The third-order valence-corrected chi connectivity index (χ3v) is 14.6. The molecule has 3 aromatic carbocycles. The summed E-state index contributed by atoms with van der Waals surface area (Å²) in [4.78, 5) is 74.5. The van der Waals surface area contributed by atoms with E-state index in [-0.39, 0.29) is 62.3 Å². The summed E-state index contributed by atoms with van der Waals surface area (Å²) in [6.07, 6.45) is 8.93. The standard InChI is InChI=1S/C53H65N11O15S2/c1-35-27-40(28-36(2)49(35)80(71,72)63-43(52(69)70)33-59-51(68)42-34-64(3)44-29-37(12-14-41(44)48(42)66)30-60-53-56-18-19-57-53)79-22-6-11-47(65)54-16-7-20-76-23-25-78-26-24-77-21-8-17-55-50(67)39-13-15-46(58-31-39)62-61-32-38-9-4-5-10-45(38)81(73,74)75/h4-5,9-10,12-15,18-19,27-29,31-32,34,43,63H,6-8,11,16-17,20-26,30,33H2,1-3H3,(H,54,65)(H,55,67)(H,58,62)(H,59,68)(H,69,70)(H2,56,57,60)(H,73,74,75)/b61-32+. The summed E-state index contributed by atoms with van der Waals surface area (Å²) in [6, 6.07) is 15.2. The molecule has 434 valence electrons. The summed E-state index contributed by atoms with van der Waals surface area (Å²) < 4.78 is 85.9. The van der Waals surface area contributed by atoms with Crippen molar-refractivity contribution in [3.63, 3.8) is 0 Å². The van der Waals surface area contributed by atoms with Crippen molar-refractivity contribution in [3.8, 4) is 5.75 Å². The number of ether oxygens (including phenoxy) is 4. The predicted octanol–water partition coefficient (Wildman–Crippen LogP) is 3.27. The van der Waals surface area contributed by atoms with E-state index in [0.717, 1.165) is 5.56 Å². The molecule has 26 nitrogen and oxygen atoms in total. The summed E-state index contributed by atoms with van der Waals surface area (Å²) in [5.74, 6) is -1.69. The number of carbonyl (C=O) groups is 4. The predicted molar refractivity (Wildman–Crippen MR) is 299 cm³/mol. The van der Waals surface area contributed by atoms with Crippen LogP contribution in [-0.2, 0) is 57.5 Å². The molecule has 6 aromatic rings. The van der Waals surface area contributed by atoms with Gasteiger partial charge in [-0.15, -0.1) is 0 Å². The number of imidazole rings is 1. The highest BCUT2D eigenvalue weighted by Gasteiger charge is 2.29. The van der Waals surface area contributed by atoms with E-state index in [4.69, 9.17) is 18.9 Å². The summed E-state index contributed by atoms with van der Waals surface area (Å²) in [7, 11) is -7.21. The van der Waals surface area contributed by atoms with E-state index in [1.807, 2.05) is 0 Å². The largest absolute Gasteiger partial charge is 0.494 e. The molecule has 6 rings (SSSR count). The molecule has 0 radical (unpaired) electrons. The number of H-pyrrole nitrogens is 1. The number of pyridine rings is 2. The molecule has 9 N–H and O–H groups in total.